The van der Waals surface area contributed by atoms with Crippen LogP contribution >= 0.6 is 0 Å². The lowest BCUT2D eigenvalue weighted by atomic mass is 10.1. The van der Waals surface area contributed by atoms with Crippen molar-refractivity contribution in [3.63, 3.8) is 0 Å². The van der Waals surface area contributed by atoms with E-state index in [1.807, 2.05) is 13.0 Å². The van der Waals surface area contributed by atoms with Crippen LogP contribution in [0.15, 0.2) is 23.1 Å². The van der Waals surface area contributed by atoms with Gasteiger partial charge in [0.1, 0.15) is 10.6 Å². The molecule has 2 N–H and O–H groups in total. The summed E-state index contributed by atoms with van der Waals surface area (Å²) in [6.45, 7) is 1.97. The summed E-state index contributed by atoms with van der Waals surface area (Å²) in [6, 6.07) is 5.22. The van der Waals surface area contributed by atoms with Crippen LogP contribution in [0.1, 0.15) is 38.2 Å². The summed E-state index contributed by atoms with van der Waals surface area (Å²) >= 11 is 0. The highest BCUT2D eigenvalue weighted by Gasteiger charge is 2.21. The van der Waals surface area contributed by atoms with Gasteiger partial charge in [-0.15, -0.1) is 0 Å². The van der Waals surface area contributed by atoms with Gasteiger partial charge in [0.15, 0.2) is 0 Å². The highest BCUT2D eigenvalue weighted by atomic mass is 32.2. The molecule has 0 aliphatic heterocycles. The minimum Gasteiger partial charge on any atom is -0.489 e. The fourth-order valence-corrected chi connectivity index (χ4v) is 2.99. The van der Waals surface area contributed by atoms with Gasteiger partial charge >= 0.3 is 0 Å². The maximum Gasteiger partial charge on any atom is 0.241 e. The first-order chi connectivity index (χ1) is 8.50. The molecule has 0 aromatic heterocycles. The zero-order chi connectivity index (χ0) is 13.2. The topological polar surface area (TPSA) is 69.4 Å². The van der Waals surface area contributed by atoms with Gasteiger partial charge in [-0.1, -0.05) is 13.0 Å². The van der Waals surface area contributed by atoms with Gasteiger partial charge in [0.25, 0.3) is 0 Å². The van der Waals surface area contributed by atoms with Crippen LogP contribution in [0.4, 0.5) is 0 Å². The van der Waals surface area contributed by atoms with E-state index in [1.54, 1.807) is 12.1 Å². The minimum atomic E-state index is -3.73. The van der Waals surface area contributed by atoms with Crippen molar-refractivity contribution in [1.29, 1.82) is 0 Å². The number of hydrogen-bond acceptors (Lipinski definition) is 3. The summed E-state index contributed by atoms with van der Waals surface area (Å²) in [5.74, 6) is 0.390. The Morgan fingerprint density at radius 2 is 2.00 bits per heavy atom. The van der Waals surface area contributed by atoms with E-state index in [2.05, 4.69) is 0 Å². The van der Waals surface area contributed by atoms with Crippen LogP contribution in [-0.4, -0.2) is 14.5 Å². The molecule has 0 unspecified atom stereocenters. The lowest BCUT2D eigenvalue weighted by Crippen LogP contribution is -2.17. The Morgan fingerprint density at radius 3 is 2.56 bits per heavy atom. The van der Waals surface area contributed by atoms with Gasteiger partial charge < -0.3 is 4.74 Å². The Hall–Kier alpha value is -1.07. The van der Waals surface area contributed by atoms with Gasteiger partial charge in [-0.05, 0) is 49.8 Å². The summed E-state index contributed by atoms with van der Waals surface area (Å²) in [5, 5.41) is 5.25. The second-order valence-corrected chi connectivity index (χ2v) is 6.23. The molecule has 0 atom stereocenters. The predicted octanol–water partition coefficient (Wildman–Crippen LogP) is 2.22. The zero-order valence-electron chi connectivity index (χ0n) is 10.6. The third-order valence-electron chi connectivity index (χ3n) is 3.32. The fourth-order valence-electron chi connectivity index (χ4n) is 2.28. The summed E-state index contributed by atoms with van der Waals surface area (Å²) in [7, 11) is -3.73. The second kappa shape index (κ2) is 5.28. The van der Waals surface area contributed by atoms with Crippen LogP contribution in [0.3, 0.4) is 0 Å². The van der Waals surface area contributed by atoms with Gasteiger partial charge in [0.05, 0.1) is 6.10 Å². The standard InChI is InChI=1S/C13H19NO3S/c1-2-10-7-8-12(13(9-10)18(14,15)16)17-11-5-3-4-6-11/h7-9,11H,2-6H2,1H3,(H2,14,15,16). The first-order valence-corrected chi connectivity index (χ1v) is 7.87. The second-order valence-electron chi connectivity index (χ2n) is 4.70. The molecule has 100 valence electrons. The van der Waals surface area contributed by atoms with E-state index in [9.17, 15) is 8.42 Å². The molecular formula is C13H19NO3S. The Bertz CT molecular complexity index is 519. The number of benzene rings is 1. The first-order valence-electron chi connectivity index (χ1n) is 6.33. The van der Waals surface area contributed by atoms with Crippen LogP contribution in [0.25, 0.3) is 0 Å². The van der Waals surface area contributed by atoms with Gasteiger partial charge in [-0.2, -0.15) is 0 Å². The third-order valence-corrected chi connectivity index (χ3v) is 4.25. The predicted molar refractivity (Wildman–Crippen MR) is 70.1 cm³/mol. The van der Waals surface area contributed by atoms with Crippen LogP contribution in [0, 0.1) is 0 Å². The minimum absolute atomic E-state index is 0.105. The summed E-state index contributed by atoms with van der Waals surface area (Å²) < 4.78 is 29.0. The SMILES string of the molecule is CCc1ccc(OC2CCCC2)c(S(N)(=O)=O)c1. The van der Waals surface area contributed by atoms with Crippen LogP contribution < -0.4 is 9.88 Å². The van der Waals surface area contributed by atoms with Crippen molar-refractivity contribution in [3.05, 3.63) is 23.8 Å². The molecule has 0 bridgehead atoms. The molecule has 0 heterocycles. The van der Waals surface area contributed by atoms with Crippen molar-refractivity contribution in [2.75, 3.05) is 0 Å². The number of ether oxygens (including phenoxy) is 1. The average Bonchev–Trinajstić information content (AvgIpc) is 2.81. The number of nitrogens with two attached hydrogens (primary N) is 1. The molecule has 0 spiro atoms. The molecular weight excluding hydrogens is 250 g/mol. The van der Waals surface area contributed by atoms with E-state index >= 15 is 0 Å². The maximum absolute atomic E-state index is 11.6. The highest BCUT2D eigenvalue weighted by Crippen LogP contribution is 2.29. The lowest BCUT2D eigenvalue weighted by Gasteiger charge is -2.16. The van der Waals surface area contributed by atoms with Gasteiger partial charge in [0.2, 0.25) is 10.0 Å². The molecule has 1 aromatic carbocycles. The Balaban J connectivity index is 2.33. The largest absolute Gasteiger partial charge is 0.489 e. The quantitative estimate of drug-likeness (QED) is 0.911. The molecule has 1 aliphatic rings. The molecule has 2 rings (SSSR count). The van der Waals surface area contributed by atoms with E-state index in [4.69, 9.17) is 9.88 Å². The smallest absolute Gasteiger partial charge is 0.241 e. The molecule has 1 saturated carbocycles. The Morgan fingerprint density at radius 1 is 1.33 bits per heavy atom. The van der Waals surface area contributed by atoms with Gasteiger partial charge in [0, 0.05) is 0 Å². The van der Waals surface area contributed by atoms with Crippen molar-refractivity contribution in [1.82, 2.24) is 0 Å². The van der Waals surface area contributed by atoms with Crippen LogP contribution in [0.5, 0.6) is 5.75 Å². The van der Waals surface area contributed by atoms with Gasteiger partial charge in [-0.3, -0.25) is 0 Å². The summed E-state index contributed by atoms with van der Waals surface area (Å²) in [6.07, 6.45) is 5.15. The molecule has 4 nitrogen and oxygen atoms in total. The van der Waals surface area contributed by atoms with E-state index in [0.29, 0.717) is 5.75 Å². The molecule has 5 heteroatoms. The van der Waals surface area contributed by atoms with Crippen molar-refractivity contribution < 1.29 is 13.2 Å². The lowest BCUT2D eigenvalue weighted by molar-refractivity contribution is 0.204. The molecule has 1 aliphatic carbocycles. The molecule has 1 fully saturated rings. The highest BCUT2D eigenvalue weighted by molar-refractivity contribution is 7.89. The fraction of sp³-hybridized carbons (Fsp3) is 0.538. The Kier molecular flexibility index (Phi) is 3.92. The van der Waals surface area contributed by atoms with Gasteiger partial charge in [-0.25, -0.2) is 13.6 Å². The van der Waals surface area contributed by atoms with Crippen LogP contribution in [0.2, 0.25) is 0 Å². The molecule has 0 radical (unpaired) electrons. The zero-order valence-corrected chi connectivity index (χ0v) is 11.4. The summed E-state index contributed by atoms with van der Waals surface area (Å²) in [4.78, 5) is 0.105. The molecule has 18 heavy (non-hydrogen) atoms. The number of sulfonamides is 1. The van der Waals surface area contributed by atoms with Crippen molar-refractivity contribution in [3.8, 4) is 5.75 Å². The van der Waals surface area contributed by atoms with E-state index in [1.165, 1.54) is 0 Å². The molecule has 0 amide bonds. The number of aryl methyl sites for hydroxylation is 1. The number of primary sulfonamides is 1. The van der Waals surface area contributed by atoms with E-state index in [-0.39, 0.29) is 11.0 Å². The van der Waals surface area contributed by atoms with E-state index in [0.717, 1.165) is 37.7 Å². The van der Waals surface area contributed by atoms with Crippen molar-refractivity contribution in [2.24, 2.45) is 5.14 Å². The van der Waals surface area contributed by atoms with Crippen molar-refractivity contribution >= 4 is 10.0 Å². The third kappa shape index (κ3) is 3.03. The molecule has 1 aromatic rings. The van der Waals surface area contributed by atoms with Crippen molar-refractivity contribution in [2.45, 2.75) is 50.0 Å². The monoisotopic (exact) mass is 269 g/mol. The normalized spacial score (nSPS) is 17.0. The molecule has 0 saturated heterocycles. The first kappa shape index (κ1) is 13.4. The van der Waals surface area contributed by atoms with Crippen LogP contribution in [-0.2, 0) is 16.4 Å². The average molecular weight is 269 g/mol. The summed E-state index contributed by atoms with van der Waals surface area (Å²) in [5.41, 5.74) is 0.942. The number of hydrogen-bond donors (Lipinski definition) is 1. The van der Waals surface area contributed by atoms with E-state index < -0.39 is 10.0 Å². The Labute approximate surface area is 108 Å². The maximum atomic E-state index is 11.6. The number of rotatable bonds is 4.